The number of furan rings is 1. The number of aryl methyl sites for hydroxylation is 1. The molecule has 1 aliphatic heterocycles. The van der Waals surface area contributed by atoms with Crippen molar-refractivity contribution in [3.8, 4) is 0 Å². The second-order valence-electron chi connectivity index (χ2n) is 5.78. The summed E-state index contributed by atoms with van der Waals surface area (Å²) >= 11 is 0. The minimum atomic E-state index is -3.53. The third kappa shape index (κ3) is 3.85. The molecule has 0 spiro atoms. The van der Waals surface area contributed by atoms with Crippen molar-refractivity contribution in [2.24, 2.45) is 0 Å². The van der Waals surface area contributed by atoms with E-state index in [1.165, 1.54) is 12.8 Å². The van der Waals surface area contributed by atoms with Crippen molar-refractivity contribution in [2.75, 3.05) is 13.2 Å². The molecular weight excluding hydrogens is 292 g/mol. The van der Waals surface area contributed by atoms with Crippen LogP contribution in [0.4, 0.5) is 0 Å². The van der Waals surface area contributed by atoms with Crippen LogP contribution in [0.2, 0.25) is 0 Å². The summed E-state index contributed by atoms with van der Waals surface area (Å²) in [5, 5.41) is 3.31. The molecule has 21 heavy (non-hydrogen) atoms. The number of ether oxygens (including phenoxy) is 1. The van der Waals surface area contributed by atoms with E-state index >= 15 is 0 Å². The molecule has 1 aromatic heterocycles. The fraction of sp³-hybridized carbons (Fsp3) is 0.714. The molecule has 2 fully saturated rings. The third-order valence-corrected chi connectivity index (χ3v) is 5.41. The second-order valence-corrected chi connectivity index (χ2v) is 7.51. The first-order valence-electron chi connectivity index (χ1n) is 7.48. The molecule has 1 unspecified atom stereocenters. The maximum absolute atomic E-state index is 12.3. The van der Waals surface area contributed by atoms with Crippen LogP contribution in [0.3, 0.4) is 0 Å². The highest BCUT2D eigenvalue weighted by atomic mass is 32.2. The molecule has 118 valence electrons. The smallest absolute Gasteiger partial charge is 0.244 e. The topological polar surface area (TPSA) is 80.6 Å². The number of nitrogens with one attached hydrogen (secondary N) is 2. The molecule has 3 rings (SSSR count). The lowest BCUT2D eigenvalue weighted by molar-refractivity contribution is 0.114. The Labute approximate surface area is 125 Å². The molecule has 2 heterocycles. The van der Waals surface area contributed by atoms with Gasteiger partial charge in [0.15, 0.2) is 0 Å². The summed E-state index contributed by atoms with van der Waals surface area (Å²) in [5.41, 5.74) is 0. The van der Waals surface area contributed by atoms with Gasteiger partial charge in [-0.3, -0.25) is 0 Å². The first-order valence-corrected chi connectivity index (χ1v) is 8.97. The van der Waals surface area contributed by atoms with Crippen LogP contribution in [0.1, 0.15) is 37.2 Å². The van der Waals surface area contributed by atoms with E-state index in [-0.39, 0.29) is 11.0 Å². The Bertz CT molecular complexity index is 586. The van der Waals surface area contributed by atoms with Gasteiger partial charge in [-0.05, 0) is 32.6 Å². The van der Waals surface area contributed by atoms with E-state index < -0.39 is 10.0 Å². The fourth-order valence-corrected chi connectivity index (χ4v) is 3.76. The van der Waals surface area contributed by atoms with Crippen LogP contribution >= 0.6 is 0 Å². The highest BCUT2D eigenvalue weighted by Gasteiger charge is 2.25. The average molecular weight is 314 g/mol. The van der Waals surface area contributed by atoms with Gasteiger partial charge in [0.2, 0.25) is 10.0 Å². The van der Waals surface area contributed by atoms with Gasteiger partial charge >= 0.3 is 0 Å². The van der Waals surface area contributed by atoms with Crippen molar-refractivity contribution in [3.05, 3.63) is 17.6 Å². The van der Waals surface area contributed by atoms with Gasteiger partial charge in [0.25, 0.3) is 0 Å². The van der Waals surface area contributed by atoms with Crippen molar-refractivity contribution < 1.29 is 17.6 Å². The Hall–Kier alpha value is -0.890. The van der Waals surface area contributed by atoms with Gasteiger partial charge in [0.05, 0.1) is 12.6 Å². The highest BCUT2D eigenvalue weighted by molar-refractivity contribution is 7.89. The summed E-state index contributed by atoms with van der Waals surface area (Å²) in [4.78, 5) is 0.230. The van der Waals surface area contributed by atoms with Gasteiger partial charge in [0, 0.05) is 25.3 Å². The average Bonchev–Trinajstić information content (AvgIpc) is 2.97. The van der Waals surface area contributed by atoms with E-state index in [1.807, 2.05) is 0 Å². The summed E-state index contributed by atoms with van der Waals surface area (Å²) in [6.07, 6.45) is 4.27. The first kappa shape index (κ1) is 15.0. The Balaban J connectivity index is 1.62. The van der Waals surface area contributed by atoms with Crippen molar-refractivity contribution in [2.45, 2.75) is 56.2 Å². The maximum Gasteiger partial charge on any atom is 0.244 e. The molecule has 1 atom stereocenters. The zero-order chi connectivity index (χ0) is 14.9. The Kier molecular flexibility index (Phi) is 4.35. The summed E-state index contributed by atoms with van der Waals surface area (Å²) in [5.74, 6) is 1.10. The lowest BCUT2D eigenvalue weighted by atomic mass is 10.2. The number of rotatable bonds is 7. The monoisotopic (exact) mass is 314 g/mol. The Morgan fingerprint density at radius 3 is 2.81 bits per heavy atom. The van der Waals surface area contributed by atoms with Crippen LogP contribution in [0.15, 0.2) is 15.4 Å². The molecule has 2 N–H and O–H groups in total. The number of hydrogen-bond acceptors (Lipinski definition) is 5. The summed E-state index contributed by atoms with van der Waals surface area (Å²) in [6.45, 7) is 3.30. The molecule has 1 aromatic rings. The largest absolute Gasteiger partial charge is 0.464 e. The Morgan fingerprint density at radius 2 is 2.14 bits per heavy atom. The van der Waals surface area contributed by atoms with E-state index in [1.54, 1.807) is 13.0 Å². The second kappa shape index (κ2) is 6.08. The van der Waals surface area contributed by atoms with Crippen LogP contribution in [0.25, 0.3) is 0 Å². The summed E-state index contributed by atoms with van der Waals surface area (Å²) in [7, 11) is -3.53. The zero-order valence-electron chi connectivity index (χ0n) is 12.2. The fourth-order valence-electron chi connectivity index (χ4n) is 2.50. The predicted molar refractivity (Wildman–Crippen MR) is 77.5 cm³/mol. The summed E-state index contributed by atoms with van der Waals surface area (Å²) in [6, 6.07) is 2.18. The Morgan fingerprint density at radius 1 is 1.33 bits per heavy atom. The molecule has 0 aromatic carbocycles. The molecule has 7 heteroatoms. The van der Waals surface area contributed by atoms with Crippen molar-refractivity contribution >= 4 is 10.0 Å². The van der Waals surface area contributed by atoms with Crippen LogP contribution < -0.4 is 10.0 Å². The number of sulfonamides is 1. The van der Waals surface area contributed by atoms with Gasteiger partial charge < -0.3 is 14.5 Å². The normalized spacial score (nSPS) is 22.8. The third-order valence-electron chi connectivity index (χ3n) is 3.88. The zero-order valence-corrected chi connectivity index (χ0v) is 13.0. The van der Waals surface area contributed by atoms with Crippen LogP contribution in [-0.4, -0.2) is 33.7 Å². The predicted octanol–water partition coefficient (Wildman–Crippen LogP) is 1.30. The lowest BCUT2D eigenvalue weighted by Gasteiger charge is -2.10. The SMILES string of the molecule is Cc1oc(CNC2CC2)cc1S(=O)(=O)NCC1CCCO1. The molecule has 0 amide bonds. The van der Waals surface area contributed by atoms with Crippen LogP contribution in [0, 0.1) is 6.92 Å². The molecule has 2 aliphatic rings. The quantitative estimate of drug-likeness (QED) is 0.793. The van der Waals surface area contributed by atoms with E-state index in [0.717, 1.165) is 12.8 Å². The van der Waals surface area contributed by atoms with Crippen LogP contribution in [-0.2, 0) is 21.3 Å². The van der Waals surface area contributed by atoms with E-state index in [0.29, 0.717) is 37.3 Å². The molecule has 1 saturated heterocycles. The van der Waals surface area contributed by atoms with Gasteiger partial charge in [-0.25, -0.2) is 13.1 Å². The van der Waals surface area contributed by atoms with Crippen LogP contribution in [0.5, 0.6) is 0 Å². The van der Waals surface area contributed by atoms with Crippen molar-refractivity contribution in [1.82, 2.24) is 10.0 Å². The maximum atomic E-state index is 12.3. The number of hydrogen-bond donors (Lipinski definition) is 2. The molecule has 0 bridgehead atoms. The van der Waals surface area contributed by atoms with Crippen molar-refractivity contribution in [3.63, 3.8) is 0 Å². The van der Waals surface area contributed by atoms with Crippen molar-refractivity contribution in [1.29, 1.82) is 0 Å². The molecule has 1 aliphatic carbocycles. The van der Waals surface area contributed by atoms with E-state index in [9.17, 15) is 8.42 Å². The molecule has 6 nitrogen and oxygen atoms in total. The van der Waals surface area contributed by atoms with Gasteiger partial charge in [-0.2, -0.15) is 0 Å². The molecule has 1 saturated carbocycles. The molecule has 0 radical (unpaired) electrons. The molecular formula is C14H22N2O4S. The lowest BCUT2D eigenvalue weighted by Crippen LogP contribution is -2.31. The minimum absolute atomic E-state index is 0.0111. The van der Waals surface area contributed by atoms with E-state index in [4.69, 9.17) is 9.15 Å². The summed E-state index contributed by atoms with van der Waals surface area (Å²) < 4.78 is 38.2. The van der Waals surface area contributed by atoms with Gasteiger partial charge in [-0.15, -0.1) is 0 Å². The minimum Gasteiger partial charge on any atom is -0.464 e. The van der Waals surface area contributed by atoms with E-state index in [2.05, 4.69) is 10.0 Å². The van der Waals surface area contributed by atoms with Gasteiger partial charge in [-0.1, -0.05) is 0 Å². The van der Waals surface area contributed by atoms with Gasteiger partial charge in [0.1, 0.15) is 16.4 Å². The highest BCUT2D eigenvalue weighted by Crippen LogP contribution is 2.23. The standard InChI is InChI=1S/C14H22N2O4S/c1-10-14(7-13(20-10)8-15-11-4-5-11)21(17,18)16-9-12-3-2-6-19-12/h7,11-12,15-16H,2-6,8-9H2,1H3. The first-order chi connectivity index (χ1) is 10.0.